The Labute approximate surface area is 119 Å². The van der Waals surface area contributed by atoms with E-state index in [0.717, 1.165) is 39.1 Å². The van der Waals surface area contributed by atoms with Crippen LogP contribution in [0.25, 0.3) is 11.1 Å². The number of nitrogen functional groups attached to an aromatic ring is 1. The molecule has 1 aromatic heterocycles. The van der Waals surface area contributed by atoms with Crippen molar-refractivity contribution >= 4 is 21.7 Å². The van der Waals surface area contributed by atoms with Gasteiger partial charge in [0, 0.05) is 12.6 Å². The van der Waals surface area contributed by atoms with E-state index in [1.165, 1.54) is 0 Å². The zero-order chi connectivity index (χ0) is 13.6. The molecule has 5 nitrogen and oxygen atoms in total. The molecule has 2 aromatic rings. The van der Waals surface area contributed by atoms with Crippen molar-refractivity contribution in [1.82, 2.24) is 9.78 Å². The van der Waals surface area contributed by atoms with E-state index in [9.17, 15) is 0 Å². The summed E-state index contributed by atoms with van der Waals surface area (Å²) in [7, 11) is 1.83. The van der Waals surface area contributed by atoms with Crippen LogP contribution in [0.1, 0.15) is 12.5 Å². The van der Waals surface area contributed by atoms with Crippen molar-refractivity contribution < 1.29 is 9.47 Å². The zero-order valence-electron chi connectivity index (χ0n) is 10.7. The molecule has 3 rings (SSSR count). The van der Waals surface area contributed by atoms with Gasteiger partial charge in [0.2, 0.25) is 6.79 Å². The van der Waals surface area contributed by atoms with Crippen LogP contribution >= 0.6 is 15.9 Å². The summed E-state index contributed by atoms with van der Waals surface area (Å²) in [4.78, 5) is 0. The minimum Gasteiger partial charge on any atom is -0.454 e. The summed E-state index contributed by atoms with van der Waals surface area (Å²) in [6.45, 7) is 2.35. The van der Waals surface area contributed by atoms with E-state index in [2.05, 4.69) is 28.0 Å². The van der Waals surface area contributed by atoms with Crippen molar-refractivity contribution in [3.05, 3.63) is 22.3 Å². The maximum absolute atomic E-state index is 6.07. The number of hydrogen-bond donors (Lipinski definition) is 1. The zero-order valence-corrected chi connectivity index (χ0v) is 12.3. The molecular formula is C13H14BrN3O2. The summed E-state index contributed by atoms with van der Waals surface area (Å²) >= 11 is 3.60. The highest BCUT2D eigenvalue weighted by atomic mass is 79.9. The number of aromatic nitrogens is 2. The first-order chi connectivity index (χ1) is 9.13. The average Bonchev–Trinajstić information content (AvgIpc) is 2.98. The van der Waals surface area contributed by atoms with Gasteiger partial charge in [-0.3, -0.25) is 4.68 Å². The SMILES string of the molecule is CCc1c(-c2cnn(C)c2N)cc2c(c1Br)OCO2. The summed E-state index contributed by atoms with van der Waals surface area (Å²) in [6.07, 6.45) is 2.64. The number of halogens is 1. The fourth-order valence-corrected chi connectivity index (χ4v) is 3.09. The molecule has 0 amide bonds. The number of rotatable bonds is 2. The Morgan fingerprint density at radius 3 is 2.84 bits per heavy atom. The molecule has 2 N–H and O–H groups in total. The minimum atomic E-state index is 0.253. The first-order valence-electron chi connectivity index (χ1n) is 6.02. The first-order valence-corrected chi connectivity index (χ1v) is 6.81. The lowest BCUT2D eigenvalue weighted by Crippen LogP contribution is -1.99. The summed E-state index contributed by atoms with van der Waals surface area (Å²) in [5.41, 5.74) is 9.16. The van der Waals surface area contributed by atoms with Crippen LogP contribution in [-0.4, -0.2) is 16.6 Å². The molecule has 0 aliphatic carbocycles. The molecule has 0 spiro atoms. The van der Waals surface area contributed by atoms with Gasteiger partial charge in [-0.15, -0.1) is 0 Å². The third-order valence-electron chi connectivity index (χ3n) is 3.33. The first kappa shape index (κ1) is 12.3. The highest BCUT2D eigenvalue weighted by Crippen LogP contribution is 2.46. The van der Waals surface area contributed by atoms with Gasteiger partial charge in [-0.2, -0.15) is 5.10 Å². The van der Waals surface area contributed by atoms with Gasteiger partial charge in [-0.25, -0.2) is 0 Å². The maximum atomic E-state index is 6.07. The number of aryl methyl sites for hydroxylation is 1. The predicted molar refractivity (Wildman–Crippen MR) is 76.3 cm³/mol. The molecule has 1 aliphatic rings. The van der Waals surface area contributed by atoms with Crippen LogP contribution in [0.5, 0.6) is 11.5 Å². The van der Waals surface area contributed by atoms with Gasteiger partial charge in [-0.1, -0.05) is 6.92 Å². The van der Waals surface area contributed by atoms with E-state index >= 15 is 0 Å². The molecule has 0 atom stereocenters. The Kier molecular flexibility index (Phi) is 2.89. The summed E-state index contributed by atoms with van der Waals surface area (Å²) in [5, 5.41) is 4.20. The van der Waals surface area contributed by atoms with Crippen molar-refractivity contribution in [1.29, 1.82) is 0 Å². The number of anilines is 1. The Morgan fingerprint density at radius 1 is 1.42 bits per heavy atom. The van der Waals surface area contributed by atoms with Gasteiger partial charge in [0.25, 0.3) is 0 Å². The molecule has 100 valence electrons. The van der Waals surface area contributed by atoms with Crippen LogP contribution in [0.4, 0.5) is 5.82 Å². The molecule has 0 saturated heterocycles. The van der Waals surface area contributed by atoms with E-state index in [0.29, 0.717) is 5.82 Å². The molecule has 2 heterocycles. The van der Waals surface area contributed by atoms with Gasteiger partial charge in [-0.05, 0) is 39.5 Å². The number of benzene rings is 1. The molecule has 0 unspecified atom stereocenters. The predicted octanol–water partition coefficient (Wildman–Crippen LogP) is 2.72. The smallest absolute Gasteiger partial charge is 0.231 e. The van der Waals surface area contributed by atoms with Gasteiger partial charge in [0.1, 0.15) is 5.82 Å². The number of nitrogens with two attached hydrogens (primary N) is 1. The van der Waals surface area contributed by atoms with Crippen LogP contribution in [0.2, 0.25) is 0 Å². The molecule has 0 bridgehead atoms. The number of fused-ring (bicyclic) bond motifs is 1. The normalized spacial score (nSPS) is 13.0. The highest BCUT2D eigenvalue weighted by Gasteiger charge is 2.24. The molecule has 19 heavy (non-hydrogen) atoms. The van der Waals surface area contributed by atoms with Gasteiger partial charge < -0.3 is 15.2 Å². The van der Waals surface area contributed by atoms with E-state index in [4.69, 9.17) is 15.2 Å². The Balaban J connectivity index is 2.26. The Morgan fingerprint density at radius 2 is 2.21 bits per heavy atom. The second kappa shape index (κ2) is 4.45. The summed E-state index contributed by atoms with van der Waals surface area (Å²) < 4.78 is 13.5. The van der Waals surface area contributed by atoms with E-state index in [-0.39, 0.29) is 6.79 Å². The second-order valence-corrected chi connectivity index (χ2v) is 5.16. The quantitative estimate of drug-likeness (QED) is 0.923. The van der Waals surface area contributed by atoms with E-state index < -0.39 is 0 Å². The van der Waals surface area contributed by atoms with Crippen LogP contribution in [-0.2, 0) is 13.5 Å². The molecule has 1 aliphatic heterocycles. The molecule has 0 saturated carbocycles. The third kappa shape index (κ3) is 1.78. The number of hydrogen-bond acceptors (Lipinski definition) is 4. The van der Waals surface area contributed by atoms with Crippen molar-refractivity contribution in [3.63, 3.8) is 0 Å². The van der Waals surface area contributed by atoms with E-state index in [1.54, 1.807) is 10.9 Å². The maximum Gasteiger partial charge on any atom is 0.231 e. The molecule has 0 radical (unpaired) electrons. The van der Waals surface area contributed by atoms with E-state index in [1.807, 2.05) is 13.1 Å². The van der Waals surface area contributed by atoms with Crippen LogP contribution < -0.4 is 15.2 Å². The van der Waals surface area contributed by atoms with Gasteiger partial charge in [0.15, 0.2) is 11.5 Å². The standard InChI is InChI=1S/C13H14BrN3O2/c1-3-7-8(9-5-16-17(2)13(9)15)4-10-12(11(7)14)19-6-18-10/h4-5H,3,6,15H2,1-2H3. The summed E-state index contributed by atoms with van der Waals surface area (Å²) in [6, 6.07) is 1.97. The van der Waals surface area contributed by atoms with Crippen molar-refractivity contribution in [2.45, 2.75) is 13.3 Å². The Hall–Kier alpha value is -1.69. The van der Waals surface area contributed by atoms with Crippen LogP contribution in [0, 0.1) is 0 Å². The van der Waals surface area contributed by atoms with Gasteiger partial charge in [0.05, 0.1) is 10.7 Å². The third-order valence-corrected chi connectivity index (χ3v) is 4.17. The van der Waals surface area contributed by atoms with Crippen LogP contribution in [0.15, 0.2) is 16.7 Å². The molecular weight excluding hydrogens is 310 g/mol. The fraction of sp³-hybridized carbons (Fsp3) is 0.308. The largest absolute Gasteiger partial charge is 0.454 e. The average molecular weight is 324 g/mol. The van der Waals surface area contributed by atoms with Crippen molar-refractivity contribution in [3.8, 4) is 22.6 Å². The van der Waals surface area contributed by atoms with Gasteiger partial charge >= 0.3 is 0 Å². The Bertz CT molecular complexity index is 652. The van der Waals surface area contributed by atoms with Crippen molar-refractivity contribution in [2.24, 2.45) is 7.05 Å². The topological polar surface area (TPSA) is 62.3 Å². The number of ether oxygens (including phenoxy) is 2. The lowest BCUT2D eigenvalue weighted by molar-refractivity contribution is 0.173. The lowest BCUT2D eigenvalue weighted by Gasteiger charge is -2.12. The fourth-order valence-electron chi connectivity index (χ4n) is 2.28. The summed E-state index contributed by atoms with van der Waals surface area (Å²) in [5.74, 6) is 2.14. The lowest BCUT2D eigenvalue weighted by atomic mass is 9.99. The molecule has 1 aromatic carbocycles. The van der Waals surface area contributed by atoms with Crippen molar-refractivity contribution in [2.75, 3.05) is 12.5 Å². The number of nitrogens with zero attached hydrogens (tertiary/aromatic N) is 2. The van der Waals surface area contributed by atoms with Crippen LogP contribution in [0.3, 0.4) is 0 Å². The second-order valence-electron chi connectivity index (χ2n) is 4.37. The monoisotopic (exact) mass is 323 g/mol. The highest BCUT2D eigenvalue weighted by molar-refractivity contribution is 9.10. The minimum absolute atomic E-state index is 0.253. The molecule has 0 fully saturated rings. The molecule has 6 heteroatoms.